The molecule has 1 aliphatic carbocycles. The van der Waals surface area contributed by atoms with Gasteiger partial charge in [0.1, 0.15) is 29.9 Å². The lowest BCUT2D eigenvalue weighted by Crippen LogP contribution is -2.02. The summed E-state index contributed by atoms with van der Waals surface area (Å²) in [5.41, 5.74) is 2.41. The topological polar surface area (TPSA) is 97.3 Å². The lowest BCUT2D eigenvalue weighted by atomic mass is 10.0. The molecule has 0 amide bonds. The first-order chi connectivity index (χ1) is 21.2. The summed E-state index contributed by atoms with van der Waals surface area (Å²) in [6.45, 7) is 1.72. The highest BCUT2D eigenvalue weighted by Gasteiger charge is 2.16. The van der Waals surface area contributed by atoms with E-state index in [9.17, 15) is 13.6 Å². The van der Waals surface area contributed by atoms with Crippen LogP contribution in [0.5, 0.6) is 5.88 Å². The predicted octanol–water partition coefficient (Wildman–Crippen LogP) is 7.79. The SMILES string of the molecule is COC1CCCC1.Cc1ccc(COc2cccc(-c3cc(F)c(Cc4nc5ccc(C(=O)O)cc5[nH]4)cc3F)n2)c(F)c1. The van der Waals surface area contributed by atoms with Gasteiger partial charge in [0.15, 0.2) is 0 Å². The molecule has 2 heterocycles. The summed E-state index contributed by atoms with van der Waals surface area (Å²) in [5.74, 6) is -2.31. The highest BCUT2D eigenvalue weighted by molar-refractivity contribution is 5.92. The smallest absolute Gasteiger partial charge is 0.335 e. The molecule has 1 aliphatic rings. The van der Waals surface area contributed by atoms with Crippen LogP contribution in [-0.2, 0) is 17.8 Å². The molecular weight excluding hydrogens is 571 g/mol. The Morgan fingerprint density at radius 2 is 1.70 bits per heavy atom. The first-order valence-corrected chi connectivity index (χ1v) is 14.3. The molecule has 0 saturated heterocycles. The van der Waals surface area contributed by atoms with Crippen molar-refractivity contribution in [2.45, 2.75) is 51.7 Å². The Labute approximate surface area is 252 Å². The molecule has 2 aromatic heterocycles. The summed E-state index contributed by atoms with van der Waals surface area (Å²) in [6, 6.07) is 16.0. The van der Waals surface area contributed by atoms with Gasteiger partial charge in [0.2, 0.25) is 5.88 Å². The van der Waals surface area contributed by atoms with Gasteiger partial charge in [0, 0.05) is 30.7 Å². The third-order valence-corrected chi connectivity index (χ3v) is 7.49. The van der Waals surface area contributed by atoms with Gasteiger partial charge < -0.3 is 19.6 Å². The molecule has 0 atom stereocenters. The molecule has 0 unspecified atom stereocenters. The molecule has 10 heteroatoms. The number of methoxy groups -OCH3 is 1. The average molecular weight is 604 g/mol. The molecule has 2 N–H and O–H groups in total. The molecule has 0 bridgehead atoms. The number of hydrogen-bond acceptors (Lipinski definition) is 5. The Morgan fingerprint density at radius 3 is 2.41 bits per heavy atom. The molecule has 1 saturated carbocycles. The zero-order valence-electron chi connectivity index (χ0n) is 24.4. The molecule has 0 aliphatic heterocycles. The van der Waals surface area contributed by atoms with Gasteiger partial charge in [0.25, 0.3) is 0 Å². The molecule has 5 aromatic rings. The highest BCUT2D eigenvalue weighted by atomic mass is 19.1. The lowest BCUT2D eigenvalue weighted by Gasteiger charge is -2.10. The van der Waals surface area contributed by atoms with Crippen molar-refractivity contribution in [3.05, 3.63) is 112 Å². The second kappa shape index (κ2) is 13.7. The van der Waals surface area contributed by atoms with Crippen molar-refractivity contribution >= 4 is 17.0 Å². The van der Waals surface area contributed by atoms with Gasteiger partial charge in [-0.25, -0.2) is 27.9 Å². The fourth-order valence-corrected chi connectivity index (χ4v) is 5.07. The van der Waals surface area contributed by atoms with E-state index in [1.807, 2.05) is 0 Å². The Balaban J connectivity index is 0.000000484. The number of pyridine rings is 1. The Hall–Kier alpha value is -4.70. The maximum Gasteiger partial charge on any atom is 0.335 e. The summed E-state index contributed by atoms with van der Waals surface area (Å²) in [6.07, 6.45) is 5.89. The van der Waals surface area contributed by atoms with Gasteiger partial charge >= 0.3 is 5.97 Å². The van der Waals surface area contributed by atoms with E-state index >= 15 is 4.39 Å². The van der Waals surface area contributed by atoms with Gasteiger partial charge in [-0.3, -0.25) is 0 Å². The van der Waals surface area contributed by atoms with Crippen molar-refractivity contribution in [3.8, 4) is 17.1 Å². The van der Waals surface area contributed by atoms with Crippen LogP contribution < -0.4 is 4.74 Å². The maximum absolute atomic E-state index is 15.0. The average Bonchev–Trinajstić information content (AvgIpc) is 3.68. The number of nitrogens with one attached hydrogen (secondary N) is 1. The van der Waals surface area contributed by atoms with Crippen molar-refractivity contribution in [2.75, 3.05) is 7.11 Å². The van der Waals surface area contributed by atoms with Gasteiger partial charge in [-0.2, -0.15) is 0 Å². The number of aryl methyl sites for hydroxylation is 1. The van der Waals surface area contributed by atoms with Crippen molar-refractivity contribution in [1.82, 2.24) is 15.0 Å². The van der Waals surface area contributed by atoms with Crippen LogP contribution in [-0.4, -0.2) is 39.2 Å². The van der Waals surface area contributed by atoms with Crippen LogP contribution in [0.4, 0.5) is 13.2 Å². The molecule has 0 spiro atoms. The van der Waals surface area contributed by atoms with Gasteiger partial charge in [-0.15, -0.1) is 0 Å². The fraction of sp³-hybridized carbons (Fsp3) is 0.265. The van der Waals surface area contributed by atoms with Crippen molar-refractivity contribution in [3.63, 3.8) is 0 Å². The summed E-state index contributed by atoms with van der Waals surface area (Å²) in [5, 5.41) is 9.14. The number of ether oxygens (including phenoxy) is 2. The minimum atomic E-state index is -1.08. The number of hydrogen-bond donors (Lipinski definition) is 2. The fourth-order valence-electron chi connectivity index (χ4n) is 5.07. The highest BCUT2D eigenvalue weighted by Crippen LogP contribution is 2.27. The van der Waals surface area contributed by atoms with E-state index < -0.39 is 23.4 Å². The molecular formula is C34H32F3N3O4. The van der Waals surface area contributed by atoms with Crippen LogP contribution in [0.2, 0.25) is 0 Å². The van der Waals surface area contributed by atoms with E-state index in [-0.39, 0.29) is 41.3 Å². The number of aromatic nitrogens is 3. The minimum Gasteiger partial charge on any atom is -0.478 e. The lowest BCUT2D eigenvalue weighted by molar-refractivity contribution is 0.0697. The number of H-pyrrole nitrogens is 1. The second-order valence-corrected chi connectivity index (χ2v) is 10.7. The van der Waals surface area contributed by atoms with E-state index in [1.165, 1.54) is 49.9 Å². The van der Waals surface area contributed by atoms with E-state index in [0.29, 0.717) is 28.5 Å². The third kappa shape index (κ3) is 7.44. The molecule has 3 aromatic carbocycles. The zero-order chi connectivity index (χ0) is 31.2. The third-order valence-electron chi connectivity index (χ3n) is 7.49. The van der Waals surface area contributed by atoms with Crippen LogP contribution in [0.25, 0.3) is 22.3 Å². The number of benzene rings is 3. The Bertz CT molecular complexity index is 1780. The molecule has 6 rings (SSSR count). The number of carboxylic acid groups (broad SMARTS) is 1. The van der Waals surface area contributed by atoms with Gasteiger partial charge in [0.05, 0.1) is 28.4 Å². The Kier molecular flexibility index (Phi) is 9.59. The van der Waals surface area contributed by atoms with Gasteiger partial charge in [-0.1, -0.05) is 31.0 Å². The number of rotatable bonds is 8. The Morgan fingerprint density at radius 1 is 0.932 bits per heavy atom. The number of carbonyl (C=O) groups is 1. The van der Waals surface area contributed by atoms with Crippen molar-refractivity contribution in [2.24, 2.45) is 0 Å². The normalized spacial score (nSPS) is 13.1. The molecule has 1 fully saturated rings. The quantitative estimate of drug-likeness (QED) is 0.188. The monoisotopic (exact) mass is 603 g/mol. The molecule has 7 nitrogen and oxygen atoms in total. The predicted molar refractivity (Wildman–Crippen MR) is 160 cm³/mol. The summed E-state index contributed by atoms with van der Waals surface area (Å²) >= 11 is 0. The van der Waals surface area contributed by atoms with Crippen LogP contribution in [0.15, 0.2) is 66.7 Å². The number of halogens is 3. The first-order valence-electron chi connectivity index (χ1n) is 14.3. The number of aromatic amines is 1. The number of fused-ring (bicyclic) bond motifs is 1. The summed E-state index contributed by atoms with van der Waals surface area (Å²) in [7, 11) is 1.80. The molecule has 44 heavy (non-hydrogen) atoms. The summed E-state index contributed by atoms with van der Waals surface area (Å²) in [4.78, 5) is 22.7. The van der Waals surface area contributed by atoms with E-state index in [2.05, 4.69) is 15.0 Å². The maximum atomic E-state index is 15.0. The van der Waals surface area contributed by atoms with Crippen LogP contribution in [0, 0.1) is 24.4 Å². The zero-order valence-corrected chi connectivity index (χ0v) is 24.4. The second-order valence-electron chi connectivity index (χ2n) is 10.7. The number of nitrogens with zero attached hydrogens (tertiary/aromatic N) is 2. The number of aromatic carboxylic acids is 1. The molecule has 0 radical (unpaired) electrons. The van der Waals surface area contributed by atoms with E-state index in [0.717, 1.165) is 17.7 Å². The summed E-state index contributed by atoms with van der Waals surface area (Å²) < 4.78 is 54.8. The van der Waals surface area contributed by atoms with E-state index in [4.69, 9.17) is 14.6 Å². The minimum absolute atomic E-state index is 0.0290. The molecule has 228 valence electrons. The van der Waals surface area contributed by atoms with Crippen LogP contribution >= 0.6 is 0 Å². The van der Waals surface area contributed by atoms with E-state index in [1.54, 1.807) is 44.4 Å². The van der Waals surface area contributed by atoms with Gasteiger partial charge in [-0.05, 0) is 73.4 Å². The van der Waals surface area contributed by atoms with Crippen molar-refractivity contribution in [1.29, 1.82) is 0 Å². The first kappa shape index (κ1) is 30.7. The van der Waals surface area contributed by atoms with Crippen LogP contribution in [0.3, 0.4) is 0 Å². The standard InChI is InChI=1S/C28H20F3N3O3.C6H12O/c1-15-5-6-17(20(29)9-15)14-37-27-4-2-3-23(34-27)19-13-21(30)18(10-22(19)31)12-26-32-24-8-7-16(28(35)36)11-25(24)33-26;1-7-6-4-2-3-5-6/h2-11,13H,12,14H2,1H3,(H,32,33)(H,35,36);6H,2-5H2,1H3. The number of carboxylic acids is 1. The van der Waals surface area contributed by atoms with Crippen LogP contribution in [0.1, 0.15) is 58.6 Å². The van der Waals surface area contributed by atoms with Crippen molar-refractivity contribution < 1.29 is 32.5 Å². The number of imidazole rings is 1. The largest absolute Gasteiger partial charge is 0.478 e.